The molecule has 1 saturated heterocycles. The predicted octanol–water partition coefficient (Wildman–Crippen LogP) is 2.25. The van der Waals surface area contributed by atoms with Crippen LogP contribution in [0, 0.1) is 18.7 Å². The lowest BCUT2D eigenvalue weighted by molar-refractivity contribution is 0.0920. The maximum Gasteiger partial charge on any atom is 0.251 e. The Labute approximate surface area is 113 Å². The molecule has 19 heavy (non-hydrogen) atoms. The maximum absolute atomic E-state index is 13.0. The molecule has 0 spiro atoms. The van der Waals surface area contributed by atoms with Gasteiger partial charge in [0.15, 0.2) is 0 Å². The molecule has 0 aliphatic carbocycles. The lowest BCUT2D eigenvalue weighted by Crippen LogP contribution is -2.42. The summed E-state index contributed by atoms with van der Waals surface area (Å²) in [6.07, 6.45) is 2.17. The first-order chi connectivity index (χ1) is 9.08. The largest absolute Gasteiger partial charge is 0.349 e. The van der Waals surface area contributed by atoms with E-state index in [9.17, 15) is 9.18 Å². The fraction of sp³-hybridized carbons (Fsp3) is 0.533. The number of halogens is 1. The Kier molecular flexibility index (Phi) is 4.53. The second kappa shape index (κ2) is 6.15. The van der Waals surface area contributed by atoms with Crippen LogP contribution < -0.4 is 10.6 Å². The Hall–Kier alpha value is -1.42. The number of rotatable bonds is 3. The van der Waals surface area contributed by atoms with E-state index in [1.165, 1.54) is 12.1 Å². The summed E-state index contributed by atoms with van der Waals surface area (Å²) in [4.78, 5) is 12.2. The second-order valence-electron chi connectivity index (χ2n) is 5.31. The van der Waals surface area contributed by atoms with Crippen molar-refractivity contribution in [3.05, 3.63) is 35.1 Å². The topological polar surface area (TPSA) is 41.1 Å². The number of carbonyl (C=O) groups is 1. The summed E-state index contributed by atoms with van der Waals surface area (Å²) in [7, 11) is 0. The van der Waals surface area contributed by atoms with Crippen molar-refractivity contribution >= 4 is 5.91 Å². The van der Waals surface area contributed by atoms with Crippen LogP contribution in [-0.2, 0) is 0 Å². The first-order valence-electron chi connectivity index (χ1n) is 6.85. The van der Waals surface area contributed by atoms with Crippen LogP contribution in [0.2, 0.25) is 0 Å². The molecule has 104 valence electrons. The van der Waals surface area contributed by atoms with Gasteiger partial charge < -0.3 is 10.6 Å². The summed E-state index contributed by atoms with van der Waals surface area (Å²) >= 11 is 0. The van der Waals surface area contributed by atoms with Crippen molar-refractivity contribution in [2.45, 2.75) is 32.7 Å². The molecule has 2 rings (SSSR count). The maximum atomic E-state index is 13.0. The molecule has 0 aromatic heterocycles. The minimum Gasteiger partial charge on any atom is -0.349 e. The SMILES string of the molecule is Cc1cc(F)ccc1C(=O)NC(C)C1CCNCC1. The monoisotopic (exact) mass is 264 g/mol. The predicted molar refractivity (Wildman–Crippen MR) is 73.7 cm³/mol. The van der Waals surface area contributed by atoms with E-state index < -0.39 is 0 Å². The minimum absolute atomic E-state index is 0.108. The highest BCUT2D eigenvalue weighted by atomic mass is 19.1. The molecule has 1 amide bonds. The van der Waals surface area contributed by atoms with Crippen LogP contribution in [0.25, 0.3) is 0 Å². The molecule has 1 atom stereocenters. The first-order valence-corrected chi connectivity index (χ1v) is 6.85. The van der Waals surface area contributed by atoms with Gasteiger partial charge in [-0.05, 0) is 69.5 Å². The van der Waals surface area contributed by atoms with Crippen LogP contribution in [0.15, 0.2) is 18.2 Å². The average molecular weight is 264 g/mol. The Morgan fingerprint density at radius 1 is 1.42 bits per heavy atom. The van der Waals surface area contributed by atoms with Gasteiger partial charge in [0.25, 0.3) is 5.91 Å². The van der Waals surface area contributed by atoms with Crippen molar-refractivity contribution in [3.8, 4) is 0 Å². The highest BCUT2D eigenvalue weighted by molar-refractivity contribution is 5.95. The van der Waals surface area contributed by atoms with Gasteiger partial charge in [0, 0.05) is 11.6 Å². The molecule has 1 aromatic carbocycles. The molecule has 1 aliphatic heterocycles. The van der Waals surface area contributed by atoms with Crippen LogP contribution in [0.5, 0.6) is 0 Å². The number of amides is 1. The molecule has 3 nitrogen and oxygen atoms in total. The third kappa shape index (κ3) is 3.53. The van der Waals surface area contributed by atoms with Gasteiger partial charge in [-0.3, -0.25) is 4.79 Å². The van der Waals surface area contributed by atoms with Gasteiger partial charge >= 0.3 is 0 Å². The number of hydrogen-bond acceptors (Lipinski definition) is 2. The van der Waals surface area contributed by atoms with Crippen molar-refractivity contribution < 1.29 is 9.18 Å². The Bertz CT molecular complexity index is 455. The number of nitrogens with one attached hydrogen (secondary N) is 2. The lowest BCUT2D eigenvalue weighted by atomic mass is 9.91. The van der Waals surface area contributed by atoms with Gasteiger partial charge in [-0.1, -0.05) is 0 Å². The second-order valence-corrected chi connectivity index (χ2v) is 5.31. The van der Waals surface area contributed by atoms with Crippen LogP contribution in [-0.4, -0.2) is 25.0 Å². The average Bonchev–Trinajstić information content (AvgIpc) is 2.39. The molecule has 2 N–H and O–H groups in total. The van der Waals surface area contributed by atoms with Gasteiger partial charge in [0.2, 0.25) is 0 Å². The molecule has 1 heterocycles. The molecule has 0 bridgehead atoms. The zero-order valence-electron chi connectivity index (χ0n) is 11.5. The fourth-order valence-corrected chi connectivity index (χ4v) is 2.63. The van der Waals surface area contributed by atoms with Crippen molar-refractivity contribution in [1.29, 1.82) is 0 Å². The minimum atomic E-state index is -0.305. The van der Waals surface area contributed by atoms with Crippen molar-refractivity contribution in [2.24, 2.45) is 5.92 Å². The van der Waals surface area contributed by atoms with Crippen LogP contribution >= 0.6 is 0 Å². The van der Waals surface area contributed by atoms with E-state index in [2.05, 4.69) is 10.6 Å². The van der Waals surface area contributed by atoms with E-state index in [-0.39, 0.29) is 17.8 Å². The molecule has 0 saturated carbocycles. The highest BCUT2D eigenvalue weighted by Gasteiger charge is 2.22. The van der Waals surface area contributed by atoms with Gasteiger partial charge in [0.05, 0.1) is 0 Å². The highest BCUT2D eigenvalue weighted by Crippen LogP contribution is 2.17. The Morgan fingerprint density at radius 2 is 2.11 bits per heavy atom. The third-order valence-electron chi connectivity index (χ3n) is 3.88. The van der Waals surface area contributed by atoms with E-state index >= 15 is 0 Å². The number of benzene rings is 1. The molecular weight excluding hydrogens is 243 g/mol. The fourth-order valence-electron chi connectivity index (χ4n) is 2.63. The summed E-state index contributed by atoms with van der Waals surface area (Å²) in [6, 6.07) is 4.43. The van der Waals surface area contributed by atoms with Gasteiger partial charge in [-0.2, -0.15) is 0 Å². The zero-order chi connectivity index (χ0) is 13.8. The first kappa shape index (κ1) is 14.0. The Morgan fingerprint density at radius 3 is 2.74 bits per heavy atom. The lowest BCUT2D eigenvalue weighted by Gasteiger charge is -2.29. The molecule has 1 unspecified atom stereocenters. The number of piperidine rings is 1. The van der Waals surface area contributed by atoms with Crippen LogP contribution in [0.1, 0.15) is 35.7 Å². The summed E-state index contributed by atoms with van der Waals surface area (Å²) in [5.41, 5.74) is 1.23. The Balaban J connectivity index is 1.99. The van der Waals surface area contributed by atoms with Crippen LogP contribution in [0.4, 0.5) is 4.39 Å². The van der Waals surface area contributed by atoms with E-state index in [0.717, 1.165) is 25.9 Å². The molecule has 4 heteroatoms. The van der Waals surface area contributed by atoms with E-state index in [0.29, 0.717) is 17.0 Å². The number of aryl methyl sites for hydroxylation is 1. The summed E-state index contributed by atoms with van der Waals surface area (Å²) in [5.74, 6) is 0.106. The molecule has 0 radical (unpaired) electrons. The third-order valence-corrected chi connectivity index (χ3v) is 3.88. The summed E-state index contributed by atoms with van der Waals surface area (Å²) in [6.45, 7) is 5.83. The van der Waals surface area contributed by atoms with Crippen LogP contribution in [0.3, 0.4) is 0 Å². The summed E-state index contributed by atoms with van der Waals surface area (Å²) < 4.78 is 13.0. The normalized spacial score (nSPS) is 18.1. The van der Waals surface area contributed by atoms with Crippen molar-refractivity contribution in [3.63, 3.8) is 0 Å². The molecule has 1 aromatic rings. The van der Waals surface area contributed by atoms with Gasteiger partial charge in [-0.25, -0.2) is 4.39 Å². The molecular formula is C15H21FN2O. The summed E-state index contributed by atoms with van der Waals surface area (Å²) in [5, 5.41) is 6.35. The van der Waals surface area contributed by atoms with E-state index in [1.54, 1.807) is 13.0 Å². The van der Waals surface area contributed by atoms with Crippen molar-refractivity contribution in [2.75, 3.05) is 13.1 Å². The smallest absolute Gasteiger partial charge is 0.251 e. The molecule has 1 fully saturated rings. The van der Waals surface area contributed by atoms with E-state index in [4.69, 9.17) is 0 Å². The zero-order valence-corrected chi connectivity index (χ0v) is 11.5. The number of hydrogen-bond donors (Lipinski definition) is 2. The van der Waals surface area contributed by atoms with Crippen molar-refractivity contribution in [1.82, 2.24) is 10.6 Å². The van der Waals surface area contributed by atoms with E-state index in [1.807, 2.05) is 6.92 Å². The number of carbonyl (C=O) groups excluding carboxylic acids is 1. The quantitative estimate of drug-likeness (QED) is 0.879. The van der Waals surface area contributed by atoms with Gasteiger partial charge in [0.1, 0.15) is 5.82 Å². The molecule has 1 aliphatic rings. The standard InChI is InChI=1S/C15H21FN2O/c1-10-9-13(16)3-4-14(10)15(19)18-11(2)12-5-7-17-8-6-12/h3-4,9,11-12,17H,5-8H2,1-2H3,(H,18,19). The van der Waals surface area contributed by atoms with Gasteiger partial charge in [-0.15, -0.1) is 0 Å².